The third kappa shape index (κ3) is 4.85. The third-order valence-electron chi connectivity index (χ3n) is 4.48. The van der Waals surface area contributed by atoms with Crippen LogP contribution in [0.3, 0.4) is 0 Å². The van der Waals surface area contributed by atoms with Crippen molar-refractivity contribution in [3.05, 3.63) is 24.8 Å². The van der Waals surface area contributed by atoms with E-state index < -0.39 is 0 Å². The maximum Gasteiger partial charge on any atom is 0.224 e. The molecule has 2 aromatic rings. The molecule has 2 aromatic heterocycles. The minimum atomic E-state index is -0.172. The first kappa shape index (κ1) is 17.5. The van der Waals surface area contributed by atoms with Crippen LogP contribution in [0.25, 0.3) is 11.3 Å². The lowest BCUT2D eigenvalue weighted by atomic mass is 9.93. The molecular formula is C18H26N6O. The average molecular weight is 342 g/mol. The molecule has 25 heavy (non-hydrogen) atoms. The van der Waals surface area contributed by atoms with Crippen molar-refractivity contribution in [1.82, 2.24) is 19.9 Å². The predicted octanol–water partition coefficient (Wildman–Crippen LogP) is 2.86. The summed E-state index contributed by atoms with van der Waals surface area (Å²) in [5, 5.41) is 16.5. The van der Waals surface area contributed by atoms with Gasteiger partial charge in [-0.3, -0.25) is 9.97 Å². The highest BCUT2D eigenvalue weighted by molar-refractivity contribution is 5.72. The lowest BCUT2D eigenvalue weighted by molar-refractivity contribution is 0.126. The fourth-order valence-corrected chi connectivity index (χ4v) is 2.99. The minimum absolute atomic E-state index is 0.172. The van der Waals surface area contributed by atoms with Crippen LogP contribution in [0.5, 0.6) is 0 Å². The highest BCUT2D eigenvalue weighted by Crippen LogP contribution is 2.28. The van der Waals surface area contributed by atoms with E-state index in [0.717, 1.165) is 62.1 Å². The lowest BCUT2D eigenvalue weighted by Gasteiger charge is -2.27. The first-order valence-corrected chi connectivity index (χ1v) is 9.08. The summed E-state index contributed by atoms with van der Waals surface area (Å²) in [5.74, 6) is 1.40. The highest BCUT2D eigenvalue weighted by atomic mass is 16.3. The van der Waals surface area contributed by atoms with Gasteiger partial charge in [0.15, 0.2) is 0 Å². The Morgan fingerprint density at radius 3 is 2.68 bits per heavy atom. The number of unbranched alkanes of at least 4 members (excludes halogenated alkanes) is 1. The monoisotopic (exact) mass is 342 g/mol. The van der Waals surface area contributed by atoms with Crippen LogP contribution >= 0.6 is 0 Å². The second-order valence-corrected chi connectivity index (χ2v) is 6.48. The molecule has 1 fully saturated rings. The summed E-state index contributed by atoms with van der Waals surface area (Å²) in [7, 11) is 0. The molecule has 0 aliphatic heterocycles. The second-order valence-electron chi connectivity index (χ2n) is 6.48. The van der Waals surface area contributed by atoms with Crippen molar-refractivity contribution in [2.24, 2.45) is 0 Å². The SMILES string of the molecule is CCCCNc1ncc(-c2cnccn2)c(N[C@H]2CC[C@H](O)CC2)n1. The largest absolute Gasteiger partial charge is 0.393 e. The van der Waals surface area contributed by atoms with Crippen LogP contribution in [0, 0.1) is 0 Å². The van der Waals surface area contributed by atoms with Gasteiger partial charge in [-0.2, -0.15) is 4.98 Å². The average Bonchev–Trinajstić information content (AvgIpc) is 2.65. The molecule has 0 bridgehead atoms. The van der Waals surface area contributed by atoms with Crippen LogP contribution in [0.2, 0.25) is 0 Å². The standard InChI is InChI=1S/C18H26N6O/c1-2-3-8-21-18-22-11-15(16-12-19-9-10-20-16)17(24-18)23-13-4-6-14(25)7-5-13/h9-14,25H,2-8H2,1H3,(H2,21,22,23,24)/t13-,14-. The summed E-state index contributed by atoms with van der Waals surface area (Å²) >= 11 is 0. The van der Waals surface area contributed by atoms with Crippen LogP contribution in [0.4, 0.5) is 11.8 Å². The van der Waals surface area contributed by atoms with Crippen molar-refractivity contribution in [1.29, 1.82) is 0 Å². The zero-order chi connectivity index (χ0) is 17.5. The minimum Gasteiger partial charge on any atom is -0.393 e. The van der Waals surface area contributed by atoms with Gasteiger partial charge in [0.2, 0.25) is 5.95 Å². The van der Waals surface area contributed by atoms with Gasteiger partial charge in [0.1, 0.15) is 5.82 Å². The van der Waals surface area contributed by atoms with Gasteiger partial charge in [-0.05, 0) is 32.1 Å². The van der Waals surface area contributed by atoms with E-state index in [0.29, 0.717) is 12.0 Å². The molecule has 134 valence electrons. The Balaban J connectivity index is 1.81. The topological polar surface area (TPSA) is 95.9 Å². The number of hydrogen-bond donors (Lipinski definition) is 3. The van der Waals surface area contributed by atoms with Crippen LogP contribution in [0.1, 0.15) is 45.4 Å². The molecule has 0 saturated heterocycles. The molecule has 7 heteroatoms. The van der Waals surface area contributed by atoms with Gasteiger partial charge in [-0.25, -0.2) is 4.98 Å². The number of rotatable bonds is 7. The molecule has 0 radical (unpaired) electrons. The molecular weight excluding hydrogens is 316 g/mol. The Bertz CT molecular complexity index is 658. The van der Waals surface area contributed by atoms with E-state index in [-0.39, 0.29) is 6.10 Å². The van der Waals surface area contributed by atoms with Gasteiger partial charge in [0.25, 0.3) is 0 Å². The summed E-state index contributed by atoms with van der Waals surface area (Å²) in [6.45, 7) is 3.01. The van der Waals surface area contributed by atoms with Crippen LogP contribution in [0.15, 0.2) is 24.8 Å². The normalized spacial score (nSPS) is 20.2. The number of nitrogens with zero attached hydrogens (tertiary/aromatic N) is 4. The first-order valence-electron chi connectivity index (χ1n) is 9.08. The molecule has 1 aliphatic carbocycles. The smallest absolute Gasteiger partial charge is 0.224 e. The molecule has 0 unspecified atom stereocenters. The van der Waals surface area contributed by atoms with Crippen LogP contribution < -0.4 is 10.6 Å². The van der Waals surface area contributed by atoms with Crippen molar-refractivity contribution in [3.63, 3.8) is 0 Å². The molecule has 7 nitrogen and oxygen atoms in total. The van der Waals surface area contributed by atoms with Gasteiger partial charge in [0, 0.05) is 31.2 Å². The maximum absolute atomic E-state index is 9.71. The number of hydrogen-bond acceptors (Lipinski definition) is 7. The maximum atomic E-state index is 9.71. The van der Waals surface area contributed by atoms with Crippen molar-refractivity contribution in [3.8, 4) is 11.3 Å². The summed E-state index contributed by atoms with van der Waals surface area (Å²) in [6, 6.07) is 0.303. The van der Waals surface area contributed by atoms with Crippen LogP contribution in [-0.4, -0.2) is 43.7 Å². The second kappa shape index (κ2) is 8.71. The number of aliphatic hydroxyl groups excluding tert-OH is 1. The Hall–Kier alpha value is -2.28. The highest BCUT2D eigenvalue weighted by Gasteiger charge is 2.21. The summed E-state index contributed by atoms with van der Waals surface area (Å²) in [4.78, 5) is 17.6. The third-order valence-corrected chi connectivity index (χ3v) is 4.48. The van der Waals surface area contributed by atoms with Gasteiger partial charge < -0.3 is 15.7 Å². The molecule has 0 aromatic carbocycles. The molecule has 2 heterocycles. The van der Waals surface area contributed by atoms with E-state index in [9.17, 15) is 5.11 Å². The van der Waals surface area contributed by atoms with Crippen LogP contribution in [-0.2, 0) is 0 Å². The van der Waals surface area contributed by atoms with Gasteiger partial charge in [-0.1, -0.05) is 13.3 Å². The number of nitrogens with one attached hydrogen (secondary N) is 2. The first-order chi connectivity index (χ1) is 12.3. The Labute approximate surface area is 148 Å². The molecule has 1 aliphatic rings. The molecule has 0 amide bonds. The molecule has 0 spiro atoms. The molecule has 3 N–H and O–H groups in total. The van der Waals surface area contributed by atoms with Crippen molar-refractivity contribution in [2.75, 3.05) is 17.2 Å². The summed E-state index contributed by atoms with van der Waals surface area (Å²) in [6.07, 6.45) is 12.4. The Morgan fingerprint density at radius 1 is 1.12 bits per heavy atom. The molecule has 3 rings (SSSR count). The van der Waals surface area contributed by atoms with Crippen molar-refractivity contribution < 1.29 is 5.11 Å². The van der Waals surface area contributed by atoms with Gasteiger partial charge in [0.05, 0.1) is 23.6 Å². The van der Waals surface area contributed by atoms with Crippen molar-refractivity contribution >= 4 is 11.8 Å². The van der Waals surface area contributed by atoms with Crippen molar-refractivity contribution in [2.45, 2.75) is 57.6 Å². The number of aliphatic hydroxyl groups is 1. The van der Waals surface area contributed by atoms with E-state index in [2.05, 4.69) is 37.5 Å². The van der Waals surface area contributed by atoms with Gasteiger partial charge >= 0.3 is 0 Å². The van der Waals surface area contributed by atoms with E-state index in [1.54, 1.807) is 24.8 Å². The van der Waals surface area contributed by atoms with E-state index in [4.69, 9.17) is 0 Å². The molecule has 0 atom stereocenters. The van der Waals surface area contributed by atoms with Gasteiger partial charge in [-0.15, -0.1) is 0 Å². The quantitative estimate of drug-likeness (QED) is 0.666. The zero-order valence-corrected chi connectivity index (χ0v) is 14.6. The van der Waals surface area contributed by atoms with E-state index >= 15 is 0 Å². The predicted molar refractivity (Wildman–Crippen MR) is 98.3 cm³/mol. The lowest BCUT2D eigenvalue weighted by Crippen LogP contribution is -2.29. The summed E-state index contributed by atoms with van der Waals surface area (Å²) in [5.41, 5.74) is 1.60. The fraction of sp³-hybridized carbons (Fsp3) is 0.556. The Kier molecular flexibility index (Phi) is 6.11. The fourth-order valence-electron chi connectivity index (χ4n) is 2.99. The van der Waals surface area contributed by atoms with E-state index in [1.165, 1.54) is 0 Å². The zero-order valence-electron chi connectivity index (χ0n) is 14.6. The summed E-state index contributed by atoms with van der Waals surface area (Å²) < 4.78 is 0. The van der Waals surface area contributed by atoms with E-state index in [1.807, 2.05) is 0 Å². The Morgan fingerprint density at radius 2 is 1.96 bits per heavy atom. The number of anilines is 2. The number of aromatic nitrogens is 4. The molecule has 1 saturated carbocycles.